The summed E-state index contributed by atoms with van der Waals surface area (Å²) in [5.74, 6) is 1.91. The number of halogens is 1. The minimum Gasteiger partial charge on any atom is -0.486 e. The number of anilines is 1. The Hall–Kier alpha value is -2.02. The number of aryl methyl sites for hydroxylation is 1. The van der Waals surface area contributed by atoms with E-state index in [0.717, 1.165) is 5.56 Å². The molecule has 2 N–H and O–H groups in total. The number of fused-ring (bicyclic) bond motifs is 1. The average Bonchev–Trinajstić information content (AvgIpc) is 2.48. The Morgan fingerprint density at radius 3 is 2.71 bits per heavy atom. The van der Waals surface area contributed by atoms with Crippen molar-refractivity contribution in [3.63, 3.8) is 0 Å². The minimum absolute atomic E-state index is 0.142. The maximum atomic E-state index is 12.2. The first kappa shape index (κ1) is 13.9. The van der Waals surface area contributed by atoms with Crippen molar-refractivity contribution in [2.24, 2.45) is 0 Å². The predicted octanol–water partition coefficient (Wildman–Crippen LogP) is 1.72. The molecule has 3 rings (SSSR count). The van der Waals surface area contributed by atoms with Crippen molar-refractivity contribution >= 4 is 21.6 Å². The molecular weight excluding hydrogens is 338 g/mol. The number of nitrogen functional groups attached to an aromatic ring is 1. The second-order valence-electron chi connectivity index (χ2n) is 4.74. The van der Waals surface area contributed by atoms with Gasteiger partial charge >= 0.3 is 0 Å². The highest BCUT2D eigenvalue weighted by Gasteiger charge is 2.16. The van der Waals surface area contributed by atoms with Crippen molar-refractivity contribution in [2.45, 2.75) is 13.5 Å². The zero-order valence-electron chi connectivity index (χ0n) is 11.4. The fraction of sp³-hybridized carbons (Fsp3) is 0.286. The standard InChI is InChI=1S/C14H14BrN3O3/c1-8-17-6-10(15)14(19)18(8)7-9-4-12-13(5-11(9)16)21-3-2-20-12/h4-6H,2-3,7,16H2,1H3. The molecule has 0 aliphatic carbocycles. The normalized spacial score (nSPS) is 13.2. The van der Waals surface area contributed by atoms with Crippen LogP contribution in [-0.4, -0.2) is 22.8 Å². The third-order valence-corrected chi connectivity index (χ3v) is 3.88. The van der Waals surface area contributed by atoms with E-state index in [1.165, 1.54) is 6.20 Å². The molecule has 2 aromatic rings. The summed E-state index contributed by atoms with van der Waals surface area (Å²) in [5, 5.41) is 0. The molecular formula is C14H14BrN3O3. The van der Waals surface area contributed by atoms with E-state index in [2.05, 4.69) is 20.9 Å². The van der Waals surface area contributed by atoms with Gasteiger partial charge in [0.2, 0.25) is 0 Å². The first-order valence-corrected chi connectivity index (χ1v) is 7.25. The van der Waals surface area contributed by atoms with Gasteiger partial charge in [-0.3, -0.25) is 9.36 Å². The van der Waals surface area contributed by atoms with Gasteiger partial charge in [0.1, 0.15) is 23.5 Å². The molecule has 1 aromatic carbocycles. The topological polar surface area (TPSA) is 79.4 Å². The van der Waals surface area contributed by atoms with E-state index >= 15 is 0 Å². The van der Waals surface area contributed by atoms with Crippen molar-refractivity contribution < 1.29 is 9.47 Å². The Morgan fingerprint density at radius 1 is 1.33 bits per heavy atom. The molecule has 0 bridgehead atoms. The van der Waals surface area contributed by atoms with Crippen molar-refractivity contribution in [3.8, 4) is 11.5 Å². The lowest BCUT2D eigenvalue weighted by Crippen LogP contribution is -2.25. The molecule has 0 saturated carbocycles. The van der Waals surface area contributed by atoms with Crippen molar-refractivity contribution in [1.29, 1.82) is 0 Å². The summed E-state index contributed by atoms with van der Waals surface area (Å²) < 4.78 is 13.0. The number of benzene rings is 1. The SMILES string of the molecule is Cc1ncc(Br)c(=O)n1Cc1cc2c(cc1N)OCCO2. The quantitative estimate of drug-likeness (QED) is 0.833. The summed E-state index contributed by atoms with van der Waals surface area (Å²) in [7, 11) is 0. The number of nitrogens with two attached hydrogens (primary N) is 1. The monoisotopic (exact) mass is 351 g/mol. The van der Waals surface area contributed by atoms with E-state index in [1.54, 1.807) is 17.6 Å². The van der Waals surface area contributed by atoms with Crippen LogP contribution in [0.2, 0.25) is 0 Å². The maximum absolute atomic E-state index is 12.2. The van der Waals surface area contributed by atoms with Gasteiger partial charge in [-0.25, -0.2) is 4.98 Å². The van der Waals surface area contributed by atoms with Gasteiger partial charge in [0.05, 0.1) is 6.54 Å². The van der Waals surface area contributed by atoms with Crippen molar-refractivity contribution in [2.75, 3.05) is 18.9 Å². The molecule has 1 aliphatic rings. The van der Waals surface area contributed by atoms with Gasteiger partial charge in [-0.1, -0.05) is 0 Å². The van der Waals surface area contributed by atoms with E-state index < -0.39 is 0 Å². The summed E-state index contributed by atoms with van der Waals surface area (Å²) in [6, 6.07) is 3.55. The largest absolute Gasteiger partial charge is 0.486 e. The lowest BCUT2D eigenvalue weighted by atomic mass is 10.1. The number of ether oxygens (including phenoxy) is 2. The first-order chi connectivity index (χ1) is 10.1. The summed E-state index contributed by atoms with van der Waals surface area (Å²) in [4.78, 5) is 16.3. The van der Waals surface area contributed by atoms with Gasteiger partial charge in [0, 0.05) is 18.0 Å². The lowest BCUT2D eigenvalue weighted by Gasteiger charge is -2.20. The van der Waals surface area contributed by atoms with E-state index in [0.29, 0.717) is 47.2 Å². The van der Waals surface area contributed by atoms with E-state index in [1.807, 2.05) is 6.07 Å². The van der Waals surface area contributed by atoms with Crippen LogP contribution in [0.15, 0.2) is 27.6 Å². The van der Waals surface area contributed by atoms with Crippen LogP contribution in [-0.2, 0) is 6.54 Å². The molecule has 0 radical (unpaired) electrons. The predicted molar refractivity (Wildman–Crippen MR) is 81.9 cm³/mol. The Balaban J connectivity index is 2.03. The van der Waals surface area contributed by atoms with Crippen LogP contribution >= 0.6 is 15.9 Å². The highest BCUT2D eigenvalue weighted by atomic mass is 79.9. The van der Waals surface area contributed by atoms with Crippen LogP contribution < -0.4 is 20.8 Å². The Morgan fingerprint density at radius 2 is 2.00 bits per heavy atom. The molecule has 0 spiro atoms. The molecule has 0 saturated heterocycles. The van der Waals surface area contributed by atoms with E-state index in [9.17, 15) is 4.79 Å². The van der Waals surface area contributed by atoms with Crippen molar-refractivity contribution in [1.82, 2.24) is 9.55 Å². The van der Waals surface area contributed by atoms with Crippen LogP contribution in [0.5, 0.6) is 11.5 Å². The third kappa shape index (κ3) is 2.61. The van der Waals surface area contributed by atoms with Gasteiger partial charge in [-0.15, -0.1) is 0 Å². The van der Waals surface area contributed by atoms with Gasteiger partial charge in [-0.2, -0.15) is 0 Å². The molecule has 0 amide bonds. The minimum atomic E-state index is -0.142. The molecule has 7 heteroatoms. The van der Waals surface area contributed by atoms with Crippen LogP contribution in [0.25, 0.3) is 0 Å². The zero-order chi connectivity index (χ0) is 15.0. The molecule has 1 aromatic heterocycles. The number of nitrogens with zero attached hydrogens (tertiary/aromatic N) is 2. The molecule has 0 unspecified atom stereocenters. The smallest absolute Gasteiger partial charge is 0.268 e. The zero-order valence-corrected chi connectivity index (χ0v) is 13.0. The molecule has 6 nitrogen and oxygen atoms in total. The number of hydrogen-bond acceptors (Lipinski definition) is 5. The van der Waals surface area contributed by atoms with Crippen LogP contribution in [0.4, 0.5) is 5.69 Å². The molecule has 21 heavy (non-hydrogen) atoms. The molecule has 0 fully saturated rings. The fourth-order valence-corrected chi connectivity index (χ4v) is 2.51. The highest BCUT2D eigenvalue weighted by Crippen LogP contribution is 2.34. The summed E-state index contributed by atoms with van der Waals surface area (Å²) in [6.07, 6.45) is 1.50. The number of hydrogen-bond donors (Lipinski definition) is 1. The van der Waals surface area contributed by atoms with E-state index in [4.69, 9.17) is 15.2 Å². The Kier molecular flexibility index (Phi) is 3.59. The average molecular weight is 352 g/mol. The Bertz CT molecular complexity index is 758. The summed E-state index contributed by atoms with van der Waals surface area (Å²) >= 11 is 3.20. The van der Waals surface area contributed by atoms with Gasteiger partial charge in [0.15, 0.2) is 11.5 Å². The highest BCUT2D eigenvalue weighted by molar-refractivity contribution is 9.10. The summed E-state index contributed by atoms with van der Waals surface area (Å²) in [6.45, 7) is 3.13. The number of rotatable bonds is 2. The molecule has 2 heterocycles. The molecule has 1 aliphatic heterocycles. The molecule has 110 valence electrons. The van der Waals surface area contributed by atoms with Gasteiger partial charge < -0.3 is 15.2 Å². The number of aromatic nitrogens is 2. The molecule has 0 atom stereocenters. The van der Waals surface area contributed by atoms with Crippen LogP contribution in [0.1, 0.15) is 11.4 Å². The van der Waals surface area contributed by atoms with Gasteiger partial charge in [-0.05, 0) is 34.5 Å². The lowest BCUT2D eigenvalue weighted by molar-refractivity contribution is 0.171. The third-order valence-electron chi connectivity index (χ3n) is 3.34. The van der Waals surface area contributed by atoms with E-state index in [-0.39, 0.29) is 5.56 Å². The second kappa shape index (κ2) is 5.40. The van der Waals surface area contributed by atoms with Crippen molar-refractivity contribution in [3.05, 3.63) is 44.5 Å². The summed E-state index contributed by atoms with van der Waals surface area (Å²) in [5.41, 5.74) is 7.26. The first-order valence-electron chi connectivity index (χ1n) is 6.46. The fourth-order valence-electron chi connectivity index (χ4n) is 2.19. The second-order valence-corrected chi connectivity index (χ2v) is 5.59. The van der Waals surface area contributed by atoms with Gasteiger partial charge in [0.25, 0.3) is 5.56 Å². The van der Waals surface area contributed by atoms with Crippen LogP contribution in [0.3, 0.4) is 0 Å². The Labute approximate surface area is 129 Å². The van der Waals surface area contributed by atoms with Crippen LogP contribution in [0, 0.1) is 6.92 Å². The maximum Gasteiger partial charge on any atom is 0.268 e.